The van der Waals surface area contributed by atoms with Gasteiger partial charge in [-0.1, -0.05) is 0 Å². The molecular formula is C16H22N2O2. The number of benzene rings is 1. The lowest BCUT2D eigenvalue weighted by Gasteiger charge is -2.21. The Morgan fingerprint density at radius 3 is 3.00 bits per heavy atom. The first kappa shape index (κ1) is 13.4. The molecule has 2 N–H and O–H groups in total. The Hall–Kier alpha value is -1.55. The lowest BCUT2D eigenvalue weighted by molar-refractivity contribution is -0.117. The Morgan fingerprint density at radius 2 is 2.20 bits per heavy atom. The largest absolute Gasteiger partial charge is 0.490 e. The van der Waals surface area contributed by atoms with Crippen molar-refractivity contribution in [2.45, 2.75) is 38.7 Å². The number of piperidine rings is 1. The first-order valence-corrected chi connectivity index (χ1v) is 7.51. The molecule has 4 heteroatoms. The molecule has 1 atom stereocenters. The highest BCUT2D eigenvalue weighted by Gasteiger charge is 2.20. The van der Waals surface area contributed by atoms with Gasteiger partial charge in [0.1, 0.15) is 11.9 Å². The average molecular weight is 274 g/mol. The molecule has 1 aromatic rings. The first-order chi connectivity index (χ1) is 9.70. The third kappa shape index (κ3) is 3.12. The van der Waals surface area contributed by atoms with Gasteiger partial charge in [-0.3, -0.25) is 4.79 Å². The Balaban J connectivity index is 1.57. The van der Waals surface area contributed by atoms with Crippen molar-refractivity contribution in [3.8, 4) is 5.75 Å². The number of anilines is 1. The van der Waals surface area contributed by atoms with Crippen LogP contribution < -0.4 is 15.4 Å². The Labute approximate surface area is 119 Å². The maximum Gasteiger partial charge on any atom is 0.224 e. The zero-order valence-corrected chi connectivity index (χ0v) is 11.9. The molecule has 1 fully saturated rings. The van der Waals surface area contributed by atoms with Crippen molar-refractivity contribution in [3.05, 3.63) is 23.8 Å². The fourth-order valence-corrected chi connectivity index (χ4v) is 3.06. The summed E-state index contributed by atoms with van der Waals surface area (Å²) >= 11 is 0. The van der Waals surface area contributed by atoms with Crippen LogP contribution >= 0.6 is 0 Å². The minimum atomic E-state index is 0.129. The fraction of sp³-hybridized carbons (Fsp3) is 0.562. The highest BCUT2D eigenvalue weighted by molar-refractivity contribution is 5.91. The van der Waals surface area contributed by atoms with Crippen molar-refractivity contribution in [1.29, 1.82) is 0 Å². The van der Waals surface area contributed by atoms with Crippen molar-refractivity contribution in [2.24, 2.45) is 5.92 Å². The summed E-state index contributed by atoms with van der Waals surface area (Å²) in [6, 6.07) is 5.93. The lowest BCUT2D eigenvalue weighted by atomic mass is 9.94. The Bertz CT molecular complexity index is 495. The summed E-state index contributed by atoms with van der Waals surface area (Å²) in [6.45, 7) is 4.13. The number of hydrogen-bond acceptors (Lipinski definition) is 3. The summed E-state index contributed by atoms with van der Waals surface area (Å²) in [6.07, 6.45) is 4.00. The number of carbonyl (C=O) groups is 1. The van der Waals surface area contributed by atoms with E-state index in [-0.39, 0.29) is 12.0 Å². The molecule has 1 aromatic carbocycles. The van der Waals surface area contributed by atoms with Crippen LogP contribution in [0.15, 0.2) is 18.2 Å². The molecule has 108 valence electrons. The van der Waals surface area contributed by atoms with Gasteiger partial charge in [-0.05, 0) is 62.5 Å². The molecule has 0 aliphatic carbocycles. The molecule has 1 amide bonds. The van der Waals surface area contributed by atoms with Crippen LogP contribution in [0.25, 0.3) is 0 Å². The topological polar surface area (TPSA) is 50.4 Å². The summed E-state index contributed by atoms with van der Waals surface area (Å²) in [7, 11) is 0. The van der Waals surface area contributed by atoms with Crippen molar-refractivity contribution in [3.63, 3.8) is 0 Å². The molecule has 0 bridgehead atoms. The van der Waals surface area contributed by atoms with E-state index in [0.717, 1.165) is 43.8 Å². The second-order valence-corrected chi connectivity index (χ2v) is 5.90. The van der Waals surface area contributed by atoms with Crippen LogP contribution in [0.4, 0.5) is 5.69 Å². The van der Waals surface area contributed by atoms with Crippen LogP contribution in [-0.4, -0.2) is 25.1 Å². The van der Waals surface area contributed by atoms with Gasteiger partial charge in [0.05, 0.1) is 0 Å². The van der Waals surface area contributed by atoms with E-state index in [2.05, 4.69) is 17.6 Å². The van der Waals surface area contributed by atoms with E-state index in [1.54, 1.807) is 0 Å². The molecule has 2 aliphatic rings. The van der Waals surface area contributed by atoms with Crippen LogP contribution in [-0.2, 0) is 11.2 Å². The Kier molecular flexibility index (Phi) is 3.92. The second kappa shape index (κ2) is 5.83. The first-order valence-electron chi connectivity index (χ1n) is 7.51. The van der Waals surface area contributed by atoms with Gasteiger partial charge in [0.15, 0.2) is 0 Å². The molecular weight excluding hydrogens is 252 g/mol. The highest BCUT2D eigenvalue weighted by atomic mass is 16.5. The van der Waals surface area contributed by atoms with Crippen molar-refractivity contribution in [2.75, 3.05) is 18.4 Å². The normalized spacial score (nSPS) is 22.1. The lowest BCUT2D eigenvalue weighted by Crippen LogP contribution is -2.30. The predicted molar refractivity (Wildman–Crippen MR) is 79.1 cm³/mol. The molecule has 1 saturated heterocycles. The van der Waals surface area contributed by atoms with Crippen LogP contribution in [0, 0.1) is 5.92 Å². The molecule has 20 heavy (non-hydrogen) atoms. The van der Waals surface area contributed by atoms with Gasteiger partial charge < -0.3 is 15.4 Å². The summed E-state index contributed by atoms with van der Waals surface area (Å²) in [4.78, 5) is 12.1. The van der Waals surface area contributed by atoms with E-state index in [0.29, 0.717) is 12.3 Å². The van der Waals surface area contributed by atoms with E-state index in [1.807, 2.05) is 18.2 Å². The number of fused-ring (bicyclic) bond motifs is 1. The van der Waals surface area contributed by atoms with Gasteiger partial charge >= 0.3 is 0 Å². The maximum absolute atomic E-state index is 12.1. The third-order valence-corrected chi connectivity index (χ3v) is 4.11. The number of rotatable bonds is 3. The maximum atomic E-state index is 12.1. The van der Waals surface area contributed by atoms with Crippen LogP contribution in [0.1, 0.15) is 31.7 Å². The molecule has 3 rings (SSSR count). The molecule has 0 radical (unpaired) electrons. The van der Waals surface area contributed by atoms with E-state index in [9.17, 15) is 4.79 Å². The fourth-order valence-electron chi connectivity index (χ4n) is 3.06. The molecule has 0 aromatic heterocycles. The molecule has 1 unspecified atom stereocenters. The van der Waals surface area contributed by atoms with Gasteiger partial charge in [0.25, 0.3) is 0 Å². The highest BCUT2D eigenvalue weighted by Crippen LogP contribution is 2.31. The van der Waals surface area contributed by atoms with Gasteiger partial charge in [-0.2, -0.15) is 0 Å². The van der Waals surface area contributed by atoms with Crippen molar-refractivity contribution in [1.82, 2.24) is 5.32 Å². The van der Waals surface area contributed by atoms with Gasteiger partial charge in [0, 0.05) is 18.5 Å². The third-order valence-electron chi connectivity index (χ3n) is 4.11. The van der Waals surface area contributed by atoms with E-state index in [4.69, 9.17) is 4.74 Å². The summed E-state index contributed by atoms with van der Waals surface area (Å²) < 4.78 is 5.67. The standard InChI is InChI=1S/C16H22N2O2/c1-11-8-13-10-14(2-3-15(13)20-11)18-16(19)9-12-4-6-17-7-5-12/h2-3,10-12,17H,4-9H2,1H3,(H,18,19). The molecule has 2 aliphatic heterocycles. The van der Waals surface area contributed by atoms with Gasteiger partial charge in [-0.15, -0.1) is 0 Å². The van der Waals surface area contributed by atoms with Crippen LogP contribution in [0.3, 0.4) is 0 Å². The zero-order valence-electron chi connectivity index (χ0n) is 11.9. The summed E-state index contributed by atoms with van der Waals surface area (Å²) in [5, 5.41) is 6.34. The molecule has 0 saturated carbocycles. The number of carbonyl (C=O) groups excluding carboxylic acids is 1. The van der Waals surface area contributed by atoms with Gasteiger partial charge in [-0.25, -0.2) is 0 Å². The van der Waals surface area contributed by atoms with E-state index >= 15 is 0 Å². The zero-order chi connectivity index (χ0) is 13.9. The molecule has 0 spiro atoms. The monoisotopic (exact) mass is 274 g/mol. The molecule has 2 heterocycles. The minimum absolute atomic E-state index is 0.129. The van der Waals surface area contributed by atoms with E-state index < -0.39 is 0 Å². The number of nitrogens with one attached hydrogen (secondary N) is 2. The summed E-state index contributed by atoms with van der Waals surface area (Å²) in [5.74, 6) is 1.60. The number of amides is 1. The van der Waals surface area contributed by atoms with Crippen molar-refractivity contribution < 1.29 is 9.53 Å². The summed E-state index contributed by atoms with van der Waals surface area (Å²) in [5.41, 5.74) is 2.08. The Morgan fingerprint density at radius 1 is 1.40 bits per heavy atom. The van der Waals surface area contributed by atoms with Crippen LogP contribution in [0.5, 0.6) is 5.75 Å². The SMILES string of the molecule is CC1Cc2cc(NC(=O)CC3CCNCC3)ccc2O1. The van der Waals surface area contributed by atoms with Gasteiger partial charge in [0.2, 0.25) is 5.91 Å². The predicted octanol–water partition coefficient (Wildman–Crippen LogP) is 2.34. The minimum Gasteiger partial charge on any atom is -0.490 e. The average Bonchev–Trinajstić information content (AvgIpc) is 2.79. The van der Waals surface area contributed by atoms with Crippen LogP contribution in [0.2, 0.25) is 0 Å². The quantitative estimate of drug-likeness (QED) is 0.889. The van der Waals surface area contributed by atoms with E-state index in [1.165, 1.54) is 5.56 Å². The second-order valence-electron chi connectivity index (χ2n) is 5.90. The van der Waals surface area contributed by atoms with Crippen molar-refractivity contribution >= 4 is 11.6 Å². The smallest absolute Gasteiger partial charge is 0.224 e. The number of hydrogen-bond donors (Lipinski definition) is 2. The number of ether oxygens (including phenoxy) is 1. The molecule has 4 nitrogen and oxygen atoms in total.